The van der Waals surface area contributed by atoms with E-state index < -0.39 is 6.10 Å². The number of carbonyl (C=O) groups excluding carboxylic acids is 1. The lowest BCUT2D eigenvalue weighted by molar-refractivity contribution is 0.0928. The lowest BCUT2D eigenvalue weighted by atomic mass is 9.93. The van der Waals surface area contributed by atoms with E-state index in [0.717, 1.165) is 42.4 Å². The molecule has 3 aromatic rings. The maximum atomic E-state index is 12.8. The van der Waals surface area contributed by atoms with E-state index in [1.165, 1.54) is 11.1 Å². The van der Waals surface area contributed by atoms with Crippen molar-refractivity contribution < 1.29 is 9.90 Å². The second-order valence-electron chi connectivity index (χ2n) is 8.15. The van der Waals surface area contributed by atoms with Gasteiger partial charge >= 0.3 is 0 Å². The standard InChI is InChI=1S/C27H28O2/c28-24(15-14-20-18-22-10-4-5-11-23(22)19-20)16-17-27(29)26-13-7-6-12-25(26)21-8-2-1-3-9-21/h1-13,20,24,28H,14-19H2. The van der Waals surface area contributed by atoms with E-state index in [1.54, 1.807) is 0 Å². The maximum absolute atomic E-state index is 12.8. The Kier molecular flexibility index (Phi) is 6.21. The van der Waals surface area contributed by atoms with E-state index in [0.29, 0.717) is 18.8 Å². The van der Waals surface area contributed by atoms with Gasteiger partial charge in [0, 0.05) is 12.0 Å². The van der Waals surface area contributed by atoms with Crippen LogP contribution in [-0.2, 0) is 12.8 Å². The lowest BCUT2D eigenvalue weighted by Crippen LogP contribution is -2.13. The third kappa shape index (κ3) is 4.83. The average Bonchev–Trinajstić information content (AvgIpc) is 3.20. The molecule has 0 amide bonds. The first-order valence-electron chi connectivity index (χ1n) is 10.6. The summed E-state index contributed by atoms with van der Waals surface area (Å²) in [5.41, 5.74) is 5.69. The Morgan fingerprint density at radius 1 is 0.828 bits per heavy atom. The zero-order valence-corrected chi connectivity index (χ0v) is 16.8. The molecule has 1 N–H and O–H groups in total. The van der Waals surface area contributed by atoms with E-state index in [1.807, 2.05) is 54.6 Å². The Morgan fingerprint density at radius 3 is 2.17 bits per heavy atom. The molecular weight excluding hydrogens is 356 g/mol. The fourth-order valence-corrected chi connectivity index (χ4v) is 4.45. The SMILES string of the molecule is O=C(CCC(O)CCC1Cc2ccccc2C1)c1ccccc1-c1ccccc1. The molecule has 1 unspecified atom stereocenters. The van der Waals surface area contributed by atoms with Crippen molar-refractivity contribution in [1.82, 2.24) is 0 Å². The fourth-order valence-electron chi connectivity index (χ4n) is 4.45. The molecule has 2 nitrogen and oxygen atoms in total. The Balaban J connectivity index is 1.29. The zero-order chi connectivity index (χ0) is 20.1. The summed E-state index contributed by atoms with van der Waals surface area (Å²) in [6.45, 7) is 0. The highest BCUT2D eigenvalue weighted by molar-refractivity contribution is 6.02. The van der Waals surface area contributed by atoms with Gasteiger partial charge in [-0.15, -0.1) is 0 Å². The van der Waals surface area contributed by atoms with Gasteiger partial charge in [0.05, 0.1) is 6.10 Å². The summed E-state index contributed by atoms with van der Waals surface area (Å²) in [5, 5.41) is 10.5. The number of rotatable bonds is 8. The number of benzene rings is 3. The second-order valence-corrected chi connectivity index (χ2v) is 8.15. The molecule has 3 aromatic carbocycles. The van der Waals surface area contributed by atoms with E-state index in [-0.39, 0.29) is 5.78 Å². The van der Waals surface area contributed by atoms with Gasteiger partial charge in [0.1, 0.15) is 0 Å². The van der Waals surface area contributed by atoms with Crippen molar-refractivity contribution >= 4 is 5.78 Å². The predicted molar refractivity (Wildman–Crippen MR) is 118 cm³/mol. The number of fused-ring (bicyclic) bond motifs is 1. The van der Waals surface area contributed by atoms with Gasteiger partial charge < -0.3 is 5.11 Å². The minimum atomic E-state index is -0.411. The molecule has 0 radical (unpaired) electrons. The number of hydrogen-bond donors (Lipinski definition) is 1. The molecule has 2 heteroatoms. The zero-order valence-electron chi connectivity index (χ0n) is 16.8. The van der Waals surface area contributed by atoms with Crippen molar-refractivity contribution in [3.05, 3.63) is 95.6 Å². The van der Waals surface area contributed by atoms with Gasteiger partial charge in [0.25, 0.3) is 0 Å². The monoisotopic (exact) mass is 384 g/mol. The van der Waals surface area contributed by atoms with E-state index in [4.69, 9.17) is 0 Å². The first-order valence-corrected chi connectivity index (χ1v) is 10.6. The van der Waals surface area contributed by atoms with Crippen LogP contribution < -0.4 is 0 Å². The van der Waals surface area contributed by atoms with Crippen LogP contribution in [0.1, 0.15) is 47.2 Å². The molecule has 0 heterocycles. The van der Waals surface area contributed by atoms with Crippen LogP contribution in [0.4, 0.5) is 0 Å². The molecule has 0 spiro atoms. The van der Waals surface area contributed by atoms with Crippen LogP contribution in [0.2, 0.25) is 0 Å². The highest BCUT2D eigenvalue weighted by Crippen LogP contribution is 2.30. The molecular formula is C27H28O2. The van der Waals surface area contributed by atoms with Crippen molar-refractivity contribution in [2.24, 2.45) is 5.92 Å². The number of hydrogen-bond acceptors (Lipinski definition) is 2. The molecule has 1 atom stereocenters. The van der Waals surface area contributed by atoms with Crippen molar-refractivity contribution in [3.8, 4) is 11.1 Å². The summed E-state index contributed by atoms with van der Waals surface area (Å²) in [6, 6.07) is 26.4. The van der Waals surface area contributed by atoms with E-state index in [2.05, 4.69) is 24.3 Å². The Morgan fingerprint density at radius 2 is 1.45 bits per heavy atom. The molecule has 0 saturated carbocycles. The summed E-state index contributed by atoms with van der Waals surface area (Å²) in [6.07, 6.45) is 4.53. The molecule has 4 rings (SSSR count). The third-order valence-corrected chi connectivity index (χ3v) is 6.06. The first-order chi connectivity index (χ1) is 14.2. The summed E-state index contributed by atoms with van der Waals surface area (Å²) in [4.78, 5) is 12.8. The van der Waals surface area contributed by atoms with Gasteiger partial charge in [-0.1, -0.05) is 78.9 Å². The maximum Gasteiger partial charge on any atom is 0.163 e. The lowest BCUT2D eigenvalue weighted by Gasteiger charge is -2.14. The molecule has 0 aromatic heterocycles. The number of ketones is 1. The minimum absolute atomic E-state index is 0.108. The number of carbonyl (C=O) groups is 1. The highest BCUT2D eigenvalue weighted by Gasteiger charge is 2.22. The Labute approximate surface area is 173 Å². The average molecular weight is 385 g/mol. The molecule has 29 heavy (non-hydrogen) atoms. The van der Waals surface area contributed by atoms with Gasteiger partial charge in [-0.2, -0.15) is 0 Å². The molecule has 0 fully saturated rings. The quantitative estimate of drug-likeness (QED) is 0.493. The van der Waals surface area contributed by atoms with Crippen LogP contribution in [0.5, 0.6) is 0 Å². The summed E-state index contributed by atoms with van der Waals surface area (Å²) >= 11 is 0. The van der Waals surface area contributed by atoms with Crippen LogP contribution in [0.3, 0.4) is 0 Å². The second kappa shape index (κ2) is 9.19. The highest BCUT2D eigenvalue weighted by atomic mass is 16.3. The van der Waals surface area contributed by atoms with Crippen LogP contribution >= 0.6 is 0 Å². The number of aliphatic hydroxyl groups is 1. The molecule has 1 aliphatic carbocycles. The molecule has 0 saturated heterocycles. The number of aliphatic hydroxyl groups excluding tert-OH is 1. The number of Topliss-reactive ketones (excluding diaryl/α,β-unsaturated/α-hetero) is 1. The van der Waals surface area contributed by atoms with E-state index >= 15 is 0 Å². The van der Waals surface area contributed by atoms with Crippen molar-refractivity contribution in [1.29, 1.82) is 0 Å². The van der Waals surface area contributed by atoms with Crippen LogP contribution in [0, 0.1) is 5.92 Å². The summed E-state index contributed by atoms with van der Waals surface area (Å²) in [7, 11) is 0. The topological polar surface area (TPSA) is 37.3 Å². The molecule has 0 aliphatic heterocycles. The van der Waals surface area contributed by atoms with E-state index in [9.17, 15) is 9.90 Å². The molecule has 148 valence electrons. The Hall–Kier alpha value is -2.71. The van der Waals surface area contributed by atoms with Gasteiger partial charge in [0.15, 0.2) is 5.78 Å². The molecule has 0 bridgehead atoms. The van der Waals surface area contributed by atoms with Gasteiger partial charge in [-0.25, -0.2) is 0 Å². The third-order valence-electron chi connectivity index (χ3n) is 6.06. The van der Waals surface area contributed by atoms with Crippen molar-refractivity contribution in [2.75, 3.05) is 0 Å². The predicted octanol–water partition coefficient (Wildman–Crippen LogP) is 5.87. The van der Waals surface area contributed by atoms with Gasteiger partial charge in [-0.05, 0) is 60.3 Å². The van der Waals surface area contributed by atoms with Crippen LogP contribution in [0.15, 0.2) is 78.9 Å². The smallest absolute Gasteiger partial charge is 0.163 e. The fraction of sp³-hybridized carbons (Fsp3) is 0.296. The van der Waals surface area contributed by atoms with Crippen molar-refractivity contribution in [2.45, 2.75) is 44.6 Å². The van der Waals surface area contributed by atoms with Gasteiger partial charge in [0.2, 0.25) is 0 Å². The van der Waals surface area contributed by atoms with Crippen LogP contribution in [0.25, 0.3) is 11.1 Å². The normalized spacial score (nSPS) is 14.5. The van der Waals surface area contributed by atoms with Crippen molar-refractivity contribution in [3.63, 3.8) is 0 Å². The Bertz CT molecular complexity index is 936. The summed E-state index contributed by atoms with van der Waals surface area (Å²) in [5.74, 6) is 0.730. The van der Waals surface area contributed by atoms with Gasteiger partial charge in [-0.3, -0.25) is 4.79 Å². The summed E-state index contributed by atoms with van der Waals surface area (Å²) < 4.78 is 0. The largest absolute Gasteiger partial charge is 0.393 e. The first kappa shape index (κ1) is 19.6. The molecule has 1 aliphatic rings. The van der Waals surface area contributed by atoms with Crippen LogP contribution in [-0.4, -0.2) is 17.0 Å². The minimum Gasteiger partial charge on any atom is -0.393 e.